The molecule has 0 bridgehead atoms. The molecule has 0 N–H and O–H groups in total. The smallest absolute Gasteiger partial charge is 0.252 e. The maximum absolute atomic E-state index is 12.3. The number of halogens is 2. The van der Waals surface area contributed by atoms with E-state index in [9.17, 15) is 4.79 Å². The second-order valence-electron chi connectivity index (χ2n) is 5.04. The zero-order chi connectivity index (χ0) is 13.4. The third-order valence-electron chi connectivity index (χ3n) is 3.77. The van der Waals surface area contributed by atoms with Crippen LogP contribution in [-0.2, 0) is 22.5 Å². The lowest BCUT2D eigenvalue weighted by molar-refractivity contribution is -0.141. The number of nitrogens with zero attached hydrogens (tertiary/aromatic N) is 1. The molecular formula is C14H15Cl2NO2. The molecule has 2 aliphatic rings. The van der Waals surface area contributed by atoms with Crippen LogP contribution in [0.4, 0.5) is 0 Å². The fourth-order valence-electron chi connectivity index (χ4n) is 2.75. The lowest BCUT2D eigenvalue weighted by Crippen LogP contribution is -2.42. The van der Waals surface area contributed by atoms with Crippen molar-refractivity contribution in [1.82, 2.24) is 4.90 Å². The van der Waals surface area contributed by atoms with Crippen molar-refractivity contribution in [2.24, 2.45) is 0 Å². The van der Waals surface area contributed by atoms with Crippen molar-refractivity contribution in [3.05, 3.63) is 33.3 Å². The van der Waals surface area contributed by atoms with E-state index in [0.29, 0.717) is 29.7 Å². The van der Waals surface area contributed by atoms with Crippen LogP contribution in [0.15, 0.2) is 12.1 Å². The van der Waals surface area contributed by atoms with E-state index >= 15 is 0 Å². The van der Waals surface area contributed by atoms with Crippen LogP contribution in [0.25, 0.3) is 0 Å². The first-order valence-corrected chi connectivity index (χ1v) is 7.28. The molecule has 1 aromatic rings. The summed E-state index contributed by atoms with van der Waals surface area (Å²) in [4.78, 5) is 14.2. The minimum absolute atomic E-state index is 0.0918. The summed E-state index contributed by atoms with van der Waals surface area (Å²) in [6, 6.07) is 3.68. The summed E-state index contributed by atoms with van der Waals surface area (Å²) < 4.78 is 5.46. The molecule has 5 heteroatoms. The Bertz CT molecular complexity index is 512. The maximum Gasteiger partial charge on any atom is 0.252 e. The van der Waals surface area contributed by atoms with Crippen molar-refractivity contribution in [2.75, 3.05) is 13.2 Å². The average molecular weight is 300 g/mol. The van der Waals surface area contributed by atoms with E-state index < -0.39 is 0 Å². The number of hydrogen-bond donors (Lipinski definition) is 0. The van der Waals surface area contributed by atoms with E-state index in [-0.39, 0.29) is 12.0 Å². The fourth-order valence-corrected chi connectivity index (χ4v) is 3.34. The minimum Gasteiger partial charge on any atom is -0.368 e. The van der Waals surface area contributed by atoms with E-state index in [1.165, 1.54) is 0 Å². The lowest BCUT2D eigenvalue weighted by atomic mass is 9.99. The summed E-state index contributed by atoms with van der Waals surface area (Å²) in [5, 5.41) is 1.30. The van der Waals surface area contributed by atoms with Crippen molar-refractivity contribution in [1.29, 1.82) is 0 Å². The van der Waals surface area contributed by atoms with Gasteiger partial charge < -0.3 is 9.64 Å². The van der Waals surface area contributed by atoms with Gasteiger partial charge in [-0.25, -0.2) is 0 Å². The number of ether oxygens (including phenoxy) is 1. The number of hydrogen-bond acceptors (Lipinski definition) is 2. The summed E-state index contributed by atoms with van der Waals surface area (Å²) in [6.07, 6.45) is 2.34. The van der Waals surface area contributed by atoms with E-state index in [2.05, 4.69) is 0 Å². The number of amides is 1. The Morgan fingerprint density at radius 3 is 2.95 bits per heavy atom. The second-order valence-corrected chi connectivity index (χ2v) is 5.88. The van der Waals surface area contributed by atoms with E-state index in [1.54, 1.807) is 6.07 Å². The summed E-state index contributed by atoms with van der Waals surface area (Å²) in [7, 11) is 0. The molecular weight excluding hydrogens is 285 g/mol. The molecule has 0 saturated carbocycles. The van der Waals surface area contributed by atoms with Crippen LogP contribution in [0.1, 0.15) is 24.0 Å². The molecule has 0 unspecified atom stereocenters. The predicted octanol–water partition coefficient (Wildman–Crippen LogP) is 3.06. The molecule has 102 valence electrons. The van der Waals surface area contributed by atoms with Gasteiger partial charge in [-0.3, -0.25) is 4.79 Å². The first-order valence-electron chi connectivity index (χ1n) is 6.52. The van der Waals surface area contributed by atoms with Crippen molar-refractivity contribution in [2.45, 2.75) is 31.9 Å². The quantitative estimate of drug-likeness (QED) is 0.798. The van der Waals surface area contributed by atoms with Gasteiger partial charge in [0, 0.05) is 29.7 Å². The standard InChI is InChI=1S/C14H15Cl2NO2/c15-10-6-9-3-4-17(8-11(9)12(16)7-10)14(18)13-2-1-5-19-13/h6-7,13H,1-5,8H2/t13-/m1/s1. The van der Waals surface area contributed by atoms with E-state index in [0.717, 1.165) is 30.4 Å². The van der Waals surface area contributed by atoms with Crippen LogP contribution < -0.4 is 0 Å². The van der Waals surface area contributed by atoms with Gasteiger partial charge in [0.25, 0.3) is 5.91 Å². The van der Waals surface area contributed by atoms with Crippen LogP contribution in [0.5, 0.6) is 0 Å². The first-order chi connectivity index (χ1) is 9.15. The monoisotopic (exact) mass is 299 g/mol. The molecule has 3 nitrogen and oxygen atoms in total. The Morgan fingerprint density at radius 2 is 2.21 bits per heavy atom. The maximum atomic E-state index is 12.3. The largest absolute Gasteiger partial charge is 0.368 e. The van der Waals surface area contributed by atoms with Crippen LogP contribution >= 0.6 is 23.2 Å². The van der Waals surface area contributed by atoms with E-state index in [4.69, 9.17) is 27.9 Å². The van der Waals surface area contributed by atoms with Crippen LogP contribution in [0.3, 0.4) is 0 Å². The normalized spacial score (nSPS) is 22.4. The molecule has 0 aliphatic carbocycles. The van der Waals surface area contributed by atoms with Gasteiger partial charge in [0.05, 0.1) is 0 Å². The zero-order valence-corrected chi connectivity index (χ0v) is 12.0. The number of carbonyl (C=O) groups excluding carboxylic acids is 1. The molecule has 0 aromatic heterocycles. The number of fused-ring (bicyclic) bond motifs is 1. The summed E-state index contributed by atoms with van der Waals surface area (Å²) in [5.74, 6) is 0.0918. The zero-order valence-electron chi connectivity index (χ0n) is 10.5. The molecule has 1 saturated heterocycles. The van der Waals surface area contributed by atoms with Gasteiger partial charge in [0.2, 0.25) is 0 Å². The SMILES string of the molecule is O=C([C@H]1CCCO1)N1CCc2cc(Cl)cc(Cl)c2C1. The van der Waals surface area contributed by atoms with Crippen molar-refractivity contribution in [3.8, 4) is 0 Å². The Morgan fingerprint density at radius 1 is 1.37 bits per heavy atom. The summed E-state index contributed by atoms with van der Waals surface area (Å²) >= 11 is 12.2. The lowest BCUT2D eigenvalue weighted by Gasteiger charge is -2.31. The molecule has 1 amide bonds. The van der Waals surface area contributed by atoms with Gasteiger partial charge in [-0.2, -0.15) is 0 Å². The molecule has 2 heterocycles. The summed E-state index contributed by atoms with van der Waals surface area (Å²) in [5.41, 5.74) is 2.16. The number of rotatable bonds is 1. The Hall–Kier alpha value is -0.770. The number of carbonyl (C=O) groups is 1. The topological polar surface area (TPSA) is 29.5 Å². The van der Waals surface area contributed by atoms with Gasteiger partial charge in [-0.05, 0) is 42.5 Å². The highest BCUT2D eigenvalue weighted by Crippen LogP contribution is 2.30. The van der Waals surface area contributed by atoms with Gasteiger partial charge in [-0.1, -0.05) is 23.2 Å². The number of benzene rings is 1. The minimum atomic E-state index is -0.257. The molecule has 19 heavy (non-hydrogen) atoms. The molecule has 0 radical (unpaired) electrons. The predicted molar refractivity (Wildman–Crippen MR) is 74.6 cm³/mol. The highest BCUT2D eigenvalue weighted by atomic mass is 35.5. The average Bonchev–Trinajstić information content (AvgIpc) is 2.91. The molecule has 2 aliphatic heterocycles. The van der Waals surface area contributed by atoms with E-state index in [1.807, 2.05) is 11.0 Å². The molecule has 1 aromatic carbocycles. The fraction of sp³-hybridized carbons (Fsp3) is 0.500. The van der Waals surface area contributed by atoms with Gasteiger partial charge in [-0.15, -0.1) is 0 Å². The van der Waals surface area contributed by atoms with Crippen molar-refractivity contribution in [3.63, 3.8) is 0 Å². The Balaban J connectivity index is 1.80. The van der Waals surface area contributed by atoms with Crippen LogP contribution in [0.2, 0.25) is 10.0 Å². The van der Waals surface area contributed by atoms with Crippen molar-refractivity contribution < 1.29 is 9.53 Å². The van der Waals surface area contributed by atoms with Gasteiger partial charge in [0.1, 0.15) is 6.10 Å². The van der Waals surface area contributed by atoms with Gasteiger partial charge in [0.15, 0.2) is 0 Å². The third kappa shape index (κ3) is 2.60. The molecule has 0 spiro atoms. The Kier molecular flexibility index (Phi) is 3.70. The highest BCUT2D eigenvalue weighted by molar-refractivity contribution is 6.35. The summed E-state index contributed by atoms with van der Waals surface area (Å²) in [6.45, 7) is 1.96. The van der Waals surface area contributed by atoms with Crippen molar-refractivity contribution >= 4 is 29.1 Å². The Labute approximate surface area is 122 Å². The first kappa shape index (κ1) is 13.2. The van der Waals surface area contributed by atoms with Crippen LogP contribution in [0, 0.1) is 0 Å². The highest BCUT2D eigenvalue weighted by Gasteiger charge is 2.30. The second kappa shape index (κ2) is 5.31. The third-order valence-corrected chi connectivity index (χ3v) is 4.32. The molecule has 1 atom stereocenters. The van der Waals surface area contributed by atoms with Gasteiger partial charge >= 0.3 is 0 Å². The van der Waals surface area contributed by atoms with Crippen LogP contribution in [-0.4, -0.2) is 30.1 Å². The molecule has 1 fully saturated rings. The molecule has 3 rings (SSSR count).